The first-order valence-electron chi connectivity index (χ1n) is 9.40. The molecule has 2 aromatic rings. The van der Waals surface area contributed by atoms with E-state index in [1.54, 1.807) is 6.92 Å². The number of anilines is 2. The van der Waals surface area contributed by atoms with Crippen molar-refractivity contribution < 1.29 is 22.9 Å². The molecule has 0 aromatic heterocycles. The highest BCUT2D eigenvalue weighted by Crippen LogP contribution is 2.36. The molecule has 0 radical (unpaired) electrons. The summed E-state index contributed by atoms with van der Waals surface area (Å²) in [6, 6.07) is 7.29. The quantitative estimate of drug-likeness (QED) is 0.399. The van der Waals surface area contributed by atoms with Gasteiger partial charge in [0, 0.05) is 30.3 Å². The van der Waals surface area contributed by atoms with Gasteiger partial charge in [-0.05, 0) is 56.2 Å². The van der Waals surface area contributed by atoms with Crippen LogP contribution in [0.2, 0.25) is 0 Å². The van der Waals surface area contributed by atoms with Gasteiger partial charge in [0.05, 0.1) is 21.9 Å². The molecule has 0 atom stereocenters. The number of amides is 1. The van der Waals surface area contributed by atoms with Crippen molar-refractivity contribution in [3.63, 3.8) is 0 Å². The SMILES string of the molecule is Cc1ccc(C(=O)NC(=S)Nc2cc(C(F)(F)F)ccc2N2CCCC2)cc1[N+](=O)[O-]. The monoisotopic (exact) mass is 452 g/mol. The minimum absolute atomic E-state index is 0.00487. The lowest BCUT2D eigenvalue weighted by atomic mass is 10.1. The number of aryl methyl sites for hydroxylation is 1. The van der Waals surface area contributed by atoms with E-state index >= 15 is 0 Å². The minimum Gasteiger partial charge on any atom is -0.370 e. The first kappa shape index (κ1) is 22.5. The van der Waals surface area contributed by atoms with Gasteiger partial charge in [0.25, 0.3) is 11.6 Å². The predicted octanol–water partition coefficient (Wildman–Crippen LogP) is 4.65. The van der Waals surface area contributed by atoms with Crippen LogP contribution in [-0.4, -0.2) is 29.0 Å². The Hall–Kier alpha value is -3.21. The van der Waals surface area contributed by atoms with E-state index < -0.39 is 22.6 Å². The van der Waals surface area contributed by atoms with E-state index in [1.165, 1.54) is 18.2 Å². The van der Waals surface area contributed by atoms with Crippen LogP contribution in [0.1, 0.15) is 34.3 Å². The number of benzene rings is 2. The van der Waals surface area contributed by atoms with Crippen LogP contribution in [0, 0.1) is 17.0 Å². The molecule has 164 valence electrons. The van der Waals surface area contributed by atoms with E-state index in [2.05, 4.69) is 10.6 Å². The Bertz CT molecular complexity index is 1040. The fourth-order valence-corrected chi connectivity index (χ4v) is 3.53. The maximum absolute atomic E-state index is 13.2. The van der Waals surface area contributed by atoms with Crippen LogP contribution in [-0.2, 0) is 6.18 Å². The summed E-state index contributed by atoms with van der Waals surface area (Å²) in [5, 5.41) is 15.9. The third-order valence-electron chi connectivity index (χ3n) is 4.91. The van der Waals surface area contributed by atoms with Crippen molar-refractivity contribution in [2.24, 2.45) is 0 Å². The van der Waals surface area contributed by atoms with Gasteiger partial charge < -0.3 is 10.2 Å². The van der Waals surface area contributed by atoms with E-state index in [0.29, 0.717) is 24.3 Å². The molecule has 1 fully saturated rings. The van der Waals surface area contributed by atoms with E-state index in [1.807, 2.05) is 4.90 Å². The molecule has 1 heterocycles. The van der Waals surface area contributed by atoms with Crippen molar-refractivity contribution in [3.05, 3.63) is 63.2 Å². The third-order valence-corrected chi connectivity index (χ3v) is 5.12. The van der Waals surface area contributed by atoms with E-state index in [-0.39, 0.29) is 22.1 Å². The van der Waals surface area contributed by atoms with Crippen LogP contribution < -0.4 is 15.5 Å². The molecule has 31 heavy (non-hydrogen) atoms. The van der Waals surface area contributed by atoms with Crippen molar-refractivity contribution in [2.45, 2.75) is 25.9 Å². The molecule has 0 unspecified atom stereocenters. The van der Waals surface area contributed by atoms with Crippen LogP contribution in [0.4, 0.5) is 30.2 Å². The van der Waals surface area contributed by atoms with Gasteiger partial charge in [-0.15, -0.1) is 0 Å². The molecule has 0 bridgehead atoms. The number of carbonyl (C=O) groups excluding carboxylic acids is 1. The smallest absolute Gasteiger partial charge is 0.370 e. The normalized spacial score (nSPS) is 13.7. The summed E-state index contributed by atoms with van der Waals surface area (Å²) >= 11 is 5.12. The lowest BCUT2D eigenvalue weighted by Gasteiger charge is -2.23. The summed E-state index contributed by atoms with van der Waals surface area (Å²) in [6.07, 6.45) is -2.69. The van der Waals surface area contributed by atoms with Crippen LogP contribution in [0.15, 0.2) is 36.4 Å². The molecule has 0 saturated carbocycles. The van der Waals surface area contributed by atoms with Crippen molar-refractivity contribution in [1.29, 1.82) is 0 Å². The number of thiocarbonyl (C=S) groups is 1. The number of rotatable bonds is 4. The maximum Gasteiger partial charge on any atom is 0.416 e. The highest BCUT2D eigenvalue weighted by molar-refractivity contribution is 7.80. The molecular weight excluding hydrogens is 433 g/mol. The Kier molecular flexibility index (Phi) is 6.44. The minimum atomic E-state index is -4.54. The summed E-state index contributed by atoms with van der Waals surface area (Å²) in [6.45, 7) is 2.94. The molecular formula is C20H19F3N4O3S. The summed E-state index contributed by atoms with van der Waals surface area (Å²) in [5.74, 6) is -0.713. The van der Waals surface area contributed by atoms with Gasteiger partial charge in [-0.2, -0.15) is 13.2 Å². The van der Waals surface area contributed by atoms with Crippen molar-refractivity contribution in [2.75, 3.05) is 23.3 Å². The lowest BCUT2D eigenvalue weighted by Crippen LogP contribution is -2.34. The number of nitrogens with zero attached hydrogens (tertiary/aromatic N) is 2. The first-order chi connectivity index (χ1) is 14.6. The Balaban J connectivity index is 1.81. The molecule has 1 aliphatic heterocycles. The topological polar surface area (TPSA) is 87.5 Å². The van der Waals surface area contributed by atoms with Gasteiger partial charge in [-0.1, -0.05) is 6.07 Å². The zero-order valence-electron chi connectivity index (χ0n) is 16.5. The number of nitrogens with one attached hydrogen (secondary N) is 2. The molecule has 7 nitrogen and oxygen atoms in total. The van der Waals surface area contributed by atoms with Gasteiger partial charge in [0.2, 0.25) is 0 Å². The second kappa shape index (κ2) is 8.88. The fraction of sp³-hybridized carbons (Fsp3) is 0.300. The molecule has 1 aliphatic rings. The van der Waals surface area contributed by atoms with Gasteiger partial charge in [0.15, 0.2) is 5.11 Å². The molecule has 2 N–H and O–H groups in total. The van der Waals surface area contributed by atoms with Crippen LogP contribution in [0.25, 0.3) is 0 Å². The lowest BCUT2D eigenvalue weighted by molar-refractivity contribution is -0.385. The number of nitro benzene ring substituents is 1. The van der Waals surface area contributed by atoms with Gasteiger partial charge in [0.1, 0.15) is 0 Å². The molecule has 3 rings (SSSR count). The zero-order chi connectivity index (χ0) is 22.8. The van der Waals surface area contributed by atoms with Crippen molar-refractivity contribution in [3.8, 4) is 0 Å². The standard InChI is InChI=1S/C20H19F3N4O3S/c1-12-4-5-13(10-17(12)27(29)30)18(28)25-19(31)24-15-11-14(20(21,22)23)6-7-16(15)26-8-2-3-9-26/h4-7,10-11H,2-3,8-9H2,1H3,(H2,24,25,28,31). The second-order valence-electron chi connectivity index (χ2n) is 7.09. The molecule has 0 spiro atoms. The average molecular weight is 452 g/mol. The number of hydrogen-bond donors (Lipinski definition) is 2. The highest BCUT2D eigenvalue weighted by atomic mass is 32.1. The predicted molar refractivity (Wildman–Crippen MR) is 114 cm³/mol. The van der Waals surface area contributed by atoms with Crippen molar-refractivity contribution >= 4 is 40.3 Å². The molecule has 1 saturated heterocycles. The Morgan fingerprint density at radius 2 is 1.84 bits per heavy atom. The number of nitro groups is 1. The first-order valence-corrected chi connectivity index (χ1v) is 9.80. The van der Waals surface area contributed by atoms with Crippen LogP contribution in [0.3, 0.4) is 0 Å². The Morgan fingerprint density at radius 1 is 1.16 bits per heavy atom. The number of hydrogen-bond acceptors (Lipinski definition) is 5. The summed E-state index contributed by atoms with van der Waals surface area (Å²) < 4.78 is 39.5. The summed E-state index contributed by atoms with van der Waals surface area (Å²) in [5.41, 5.74) is -0.00123. The van der Waals surface area contributed by atoms with Crippen LogP contribution >= 0.6 is 12.2 Å². The van der Waals surface area contributed by atoms with Gasteiger partial charge in [-0.3, -0.25) is 20.2 Å². The second-order valence-corrected chi connectivity index (χ2v) is 7.50. The van der Waals surface area contributed by atoms with Crippen LogP contribution in [0.5, 0.6) is 0 Å². The Morgan fingerprint density at radius 3 is 2.45 bits per heavy atom. The number of alkyl halides is 3. The summed E-state index contributed by atoms with van der Waals surface area (Å²) in [7, 11) is 0. The third kappa shape index (κ3) is 5.29. The van der Waals surface area contributed by atoms with E-state index in [4.69, 9.17) is 12.2 Å². The Labute approximate surface area is 181 Å². The zero-order valence-corrected chi connectivity index (χ0v) is 17.3. The molecule has 11 heteroatoms. The highest BCUT2D eigenvalue weighted by Gasteiger charge is 2.32. The number of halogens is 3. The average Bonchev–Trinajstić information content (AvgIpc) is 3.21. The molecule has 0 aliphatic carbocycles. The fourth-order valence-electron chi connectivity index (χ4n) is 3.32. The van der Waals surface area contributed by atoms with Crippen molar-refractivity contribution in [1.82, 2.24) is 5.32 Å². The molecule has 2 aromatic carbocycles. The molecule has 1 amide bonds. The largest absolute Gasteiger partial charge is 0.416 e. The maximum atomic E-state index is 13.2. The van der Waals surface area contributed by atoms with E-state index in [9.17, 15) is 28.1 Å². The number of carbonyl (C=O) groups is 1. The summed E-state index contributed by atoms with van der Waals surface area (Å²) in [4.78, 5) is 24.9. The van der Waals surface area contributed by atoms with Gasteiger partial charge in [-0.25, -0.2) is 0 Å². The van der Waals surface area contributed by atoms with Gasteiger partial charge >= 0.3 is 6.18 Å². The van der Waals surface area contributed by atoms with E-state index in [0.717, 1.165) is 31.0 Å².